The number of piperazine rings is 1. The summed E-state index contributed by atoms with van der Waals surface area (Å²) in [6.07, 6.45) is 4.79. The number of fused-ring (bicyclic) bond motifs is 2. The number of halogens is 1. The van der Waals surface area contributed by atoms with Gasteiger partial charge in [0.25, 0.3) is 5.91 Å². The number of aromatic nitrogens is 1. The Hall–Kier alpha value is -2.15. The Morgan fingerprint density at radius 2 is 1.56 bits per heavy atom. The van der Waals surface area contributed by atoms with Crippen molar-refractivity contribution in [2.45, 2.75) is 32.2 Å². The lowest BCUT2D eigenvalue weighted by Gasteiger charge is -2.35. The quantitative estimate of drug-likeness (QED) is 0.431. The largest absolute Gasteiger partial charge is 0.353 e. The van der Waals surface area contributed by atoms with Crippen molar-refractivity contribution in [3.63, 3.8) is 0 Å². The predicted molar refractivity (Wildman–Crippen MR) is 135 cm³/mol. The van der Waals surface area contributed by atoms with Crippen LogP contribution in [0.2, 0.25) is 0 Å². The Morgan fingerprint density at radius 3 is 2.38 bits per heavy atom. The highest BCUT2D eigenvalue weighted by atomic mass is 35.5. The third-order valence-electron chi connectivity index (χ3n) is 6.58. The molecule has 0 spiro atoms. The second kappa shape index (κ2) is 10.6. The zero-order valence-electron chi connectivity index (χ0n) is 18.4. The van der Waals surface area contributed by atoms with E-state index in [1.807, 2.05) is 23.1 Å². The maximum absolute atomic E-state index is 12.4. The molecule has 2 aromatic carbocycles. The van der Waals surface area contributed by atoms with Crippen LogP contribution in [0.5, 0.6) is 0 Å². The van der Waals surface area contributed by atoms with Gasteiger partial charge < -0.3 is 9.80 Å². The molecule has 2 aliphatic rings. The zero-order valence-corrected chi connectivity index (χ0v) is 20.0. The van der Waals surface area contributed by atoms with E-state index in [9.17, 15) is 4.79 Å². The van der Waals surface area contributed by atoms with Gasteiger partial charge in [-0.3, -0.25) is 9.69 Å². The molecule has 3 heterocycles. The first-order chi connectivity index (χ1) is 15.3. The van der Waals surface area contributed by atoms with E-state index >= 15 is 0 Å². The molecule has 7 heteroatoms. The lowest BCUT2D eigenvalue weighted by atomic mass is 10.1. The highest BCUT2D eigenvalue weighted by Crippen LogP contribution is 2.30. The summed E-state index contributed by atoms with van der Waals surface area (Å²) in [6.45, 7) is 7.20. The van der Waals surface area contributed by atoms with Crippen molar-refractivity contribution >= 4 is 45.8 Å². The molecule has 3 aromatic rings. The monoisotopic (exact) mass is 470 g/mol. The van der Waals surface area contributed by atoms with Gasteiger partial charge in [0, 0.05) is 50.2 Å². The lowest BCUT2D eigenvalue weighted by molar-refractivity contribution is 0.0775. The van der Waals surface area contributed by atoms with Crippen LogP contribution in [0.1, 0.15) is 41.6 Å². The normalized spacial score (nSPS) is 16.4. The van der Waals surface area contributed by atoms with Gasteiger partial charge in [0.05, 0.1) is 4.70 Å². The van der Waals surface area contributed by atoms with Crippen molar-refractivity contribution in [3.05, 3.63) is 59.7 Å². The van der Waals surface area contributed by atoms with Crippen LogP contribution in [0.25, 0.3) is 10.1 Å². The third kappa shape index (κ3) is 4.92. The minimum atomic E-state index is 0. The van der Waals surface area contributed by atoms with Crippen LogP contribution in [0.3, 0.4) is 0 Å². The molecule has 170 valence electrons. The molecule has 32 heavy (non-hydrogen) atoms. The fourth-order valence-electron chi connectivity index (χ4n) is 4.77. The summed E-state index contributed by atoms with van der Waals surface area (Å²) >= 11 is 1.61. The molecule has 0 unspecified atom stereocenters. The number of rotatable bonds is 8. The summed E-state index contributed by atoms with van der Waals surface area (Å²) in [5.74, 6) is 1.38. The van der Waals surface area contributed by atoms with Gasteiger partial charge in [0.1, 0.15) is 5.82 Å². The van der Waals surface area contributed by atoms with Crippen LogP contribution in [0.15, 0.2) is 48.5 Å². The average Bonchev–Trinajstić information content (AvgIpc) is 3.38. The van der Waals surface area contributed by atoms with E-state index < -0.39 is 0 Å². The first-order valence-corrected chi connectivity index (χ1v) is 12.3. The van der Waals surface area contributed by atoms with Crippen molar-refractivity contribution in [2.75, 3.05) is 44.2 Å². The van der Waals surface area contributed by atoms with Gasteiger partial charge in [-0.15, -0.1) is 12.4 Å². The van der Waals surface area contributed by atoms with Crippen LogP contribution < -0.4 is 4.90 Å². The van der Waals surface area contributed by atoms with E-state index in [0.717, 1.165) is 51.3 Å². The molecule has 0 bridgehead atoms. The Labute approximate surface area is 200 Å². The number of hydrogen-bond acceptors (Lipinski definition) is 5. The summed E-state index contributed by atoms with van der Waals surface area (Å²) in [5.41, 5.74) is 2.07. The van der Waals surface area contributed by atoms with Gasteiger partial charge in [-0.2, -0.15) is 4.37 Å². The molecule has 1 aromatic heterocycles. The number of carbonyl (C=O) groups is 1. The molecule has 5 rings (SSSR count). The van der Waals surface area contributed by atoms with E-state index in [1.165, 1.54) is 47.3 Å². The molecule has 1 amide bonds. The molecule has 0 atom stereocenters. The molecular weight excluding hydrogens is 440 g/mol. The van der Waals surface area contributed by atoms with Crippen LogP contribution in [0, 0.1) is 0 Å². The van der Waals surface area contributed by atoms with Crippen molar-refractivity contribution in [1.82, 2.24) is 14.2 Å². The van der Waals surface area contributed by atoms with Gasteiger partial charge in [-0.25, -0.2) is 0 Å². The fourth-order valence-corrected chi connectivity index (χ4v) is 5.57. The van der Waals surface area contributed by atoms with E-state index in [1.54, 1.807) is 11.5 Å². The summed E-state index contributed by atoms with van der Waals surface area (Å²) in [4.78, 5) is 19.5. The number of unbranched alkanes of at least 4 members (excludes halogenated alkanes) is 3. The Morgan fingerprint density at radius 1 is 0.844 bits per heavy atom. The van der Waals surface area contributed by atoms with Crippen molar-refractivity contribution < 1.29 is 4.79 Å². The molecule has 0 radical (unpaired) electrons. The highest BCUT2D eigenvalue weighted by molar-refractivity contribution is 7.13. The molecular formula is C25H31ClN4OS. The van der Waals surface area contributed by atoms with Crippen LogP contribution in [0.4, 0.5) is 5.82 Å². The molecule has 0 N–H and O–H groups in total. The van der Waals surface area contributed by atoms with Gasteiger partial charge >= 0.3 is 0 Å². The van der Waals surface area contributed by atoms with Crippen LogP contribution >= 0.6 is 23.9 Å². The van der Waals surface area contributed by atoms with Crippen molar-refractivity contribution in [2.24, 2.45) is 0 Å². The Bertz CT molecular complexity index is 1050. The van der Waals surface area contributed by atoms with Gasteiger partial charge in [-0.1, -0.05) is 43.2 Å². The summed E-state index contributed by atoms with van der Waals surface area (Å²) < 4.78 is 5.99. The smallest absolute Gasteiger partial charge is 0.254 e. The average molecular weight is 471 g/mol. The predicted octanol–water partition coefficient (Wildman–Crippen LogP) is 5.06. The molecule has 0 saturated carbocycles. The maximum atomic E-state index is 12.4. The lowest BCUT2D eigenvalue weighted by Crippen LogP contribution is -2.46. The molecule has 5 nitrogen and oxygen atoms in total. The maximum Gasteiger partial charge on any atom is 0.254 e. The molecule has 1 saturated heterocycles. The Kier molecular flexibility index (Phi) is 7.66. The topological polar surface area (TPSA) is 39.7 Å². The highest BCUT2D eigenvalue weighted by Gasteiger charge is 2.26. The Balaban J connectivity index is 0.00000245. The summed E-state index contributed by atoms with van der Waals surface area (Å²) in [7, 11) is 0. The number of carbonyl (C=O) groups excluding carboxylic acids is 1. The standard InChI is InChI=1S/C25H30N4OS.ClH/c30-25-21-10-4-3-9-20(21)19-29(25)14-8-2-1-7-13-27-15-17-28(18-16-27)24-22-11-5-6-12-23(22)31-26-24;/h3-6,9-12H,1-2,7-8,13-19H2;1H. The van der Waals surface area contributed by atoms with Gasteiger partial charge in [-0.05, 0) is 54.7 Å². The van der Waals surface area contributed by atoms with E-state index in [-0.39, 0.29) is 18.3 Å². The number of amides is 1. The van der Waals surface area contributed by atoms with Gasteiger partial charge in [0.2, 0.25) is 0 Å². The minimum Gasteiger partial charge on any atom is -0.353 e. The molecule has 1 fully saturated rings. The van der Waals surface area contributed by atoms with Crippen molar-refractivity contribution in [3.8, 4) is 0 Å². The fraction of sp³-hybridized carbons (Fsp3) is 0.440. The van der Waals surface area contributed by atoms with E-state index in [0.29, 0.717) is 0 Å². The van der Waals surface area contributed by atoms with Gasteiger partial charge in [0.15, 0.2) is 0 Å². The number of hydrogen-bond donors (Lipinski definition) is 0. The number of nitrogens with zero attached hydrogens (tertiary/aromatic N) is 4. The summed E-state index contributed by atoms with van der Waals surface area (Å²) in [5, 5.41) is 1.29. The second-order valence-electron chi connectivity index (χ2n) is 8.63. The van der Waals surface area contributed by atoms with Crippen LogP contribution in [-0.4, -0.2) is 59.3 Å². The number of anilines is 1. The number of benzene rings is 2. The van der Waals surface area contributed by atoms with Crippen LogP contribution in [-0.2, 0) is 6.54 Å². The molecule has 0 aliphatic carbocycles. The summed E-state index contributed by atoms with van der Waals surface area (Å²) in [6, 6.07) is 16.5. The molecule has 2 aliphatic heterocycles. The zero-order chi connectivity index (χ0) is 21.0. The van der Waals surface area contributed by atoms with E-state index in [4.69, 9.17) is 4.37 Å². The SMILES string of the molecule is Cl.O=C1c2ccccc2CN1CCCCCCN1CCN(c2nsc3ccccc23)CC1. The first kappa shape index (κ1) is 23.0. The van der Waals surface area contributed by atoms with Crippen molar-refractivity contribution in [1.29, 1.82) is 0 Å². The van der Waals surface area contributed by atoms with E-state index in [2.05, 4.69) is 40.1 Å². The first-order valence-electron chi connectivity index (χ1n) is 11.5. The third-order valence-corrected chi connectivity index (χ3v) is 7.40. The minimum absolute atomic E-state index is 0. The second-order valence-corrected chi connectivity index (χ2v) is 9.43.